The zero-order chi connectivity index (χ0) is 14.7. The summed E-state index contributed by atoms with van der Waals surface area (Å²) in [6.07, 6.45) is 0. The molecule has 2 rings (SSSR count). The maximum Gasteiger partial charge on any atom is 0.253 e. The van der Waals surface area contributed by atoms with Gasteiger partial charge in [-0.1, -0.05) is 6.07 Å². The van der Waals surface area contributed by atoms with E-state index >= 15 is 0 Å². The van der Waals surface area contributed by atoms with E-state index in [-0.39, 0.29) is 23.6 Å². The molecule has 0 aliphatic rings. The predicted molar refractivity (Wildman–Crippen MR) is 81.1 cm³/mol. The molecule has 6 heteroatoms. The first-order valence-corrected chi connectivity index (χ1v) is 6.82. The molecule has 1 amide bonds. The van der Waals surface area contributed by atoms with Gasteiger partial charge < -0.3 is 11.1 Å². The van der Waals surface area contributed by atoms with Gasteiger partial charge in [0.2, 0.25) is 0 Å². The second-order valence-electron chi connectivity index (χ2n) is 4.15. The van der Waals surface area contributed by atoms with E-state index < -0.39 is 11.7 Å². The Balaban J connectivity index is 2.08. The van der Waals surface area contributed by atoms with E-state index in [1.165, 1.54) is 12.1 Å². The van der Waals surface area contributed by atoms with Crippen LogP contribution >= 0.6 is 22.6 Å². The lowest BCUT2D eigenvalue weighted by Crippen LogP contribution is -2.24. The van der Waals surface area contributed by atoms with Crippen LogP contribution in [0.5, 0.6) is 0 Å². The van der Waals surface area contributed by atoms with Gasteiger partial charge in [0.25, 0.3) is 5.91 Å². The van der Waals surface area contributed by atoms with E-state index in [2.05, 4.69) is 5.32 Å². The van der Waals surface area contributed by atoms with E-state index in [0.29, 0.717) is 5.56 Å². The van der Waals surface area contributed by atoms with Crippen molar-refractivity contribution in [3.05, 3.63) is 62.7 Å². The second-order valence-corrected chi connectivity index (χ2v) is 5.40. The number of halogens is 3. The minimum atomic E-state index is -0.511. The van der Waals surface area contributed by atoms with Gasteiger partial charge in [-0.25, -0.2) is 8.78 Å². The van der Waals surface area contributed by atoms with Gasteiger partial charge in [-0.2, -0.15) is 0 Å². The van der Waals surface area contributed by atoms with Crippen LogP contribution in [-0.2, 0) is 6.54 Å². The monoisotopic (exact) mass is 388 g/mol. The van der Waals surface area contributed by atoms with Gasteiger partial charge in [0, 0.05) is 21.4 Å². The first-order valence-electron chi connectivity index (χ1n) is 5.74. The Morgan fingerprint density at radius 3 is 2.60 bits per heavy atom. The number of carbonyl (C=O) groups is 1. The summed E-state index contributed by atoms with van der Waals surface area (Å²) in [6, 6.07) is 8.25. The van der Waals surface area contributed by atoms with Gasteiger partial charge in [-0.3, -0.25) is 4.79 Å². The summed E-state index contributed by atoms with van der Waals surface area (Å²) in [4.78, 5) is 11.9. The molecule has 0 aliphatic carbocycles. The Kier molecular flexibility index (Phi) is 4.53. The highest BCUT2D eigenvalue weighted by molar-refractivity contribution is 14.1. The van der Waals surface area contributed by atoms with Crippen molar-refractivity contribution in [2.75, 3.05) is 5.73 Å². The van der Waals surface area contributed by atoms with Crippen molar-refractivity contribution in [1.29, 1.82) is 0 Å². The normalized spacial score (nSPS) is 10.3. The zero-order valence-electron chi connectivity index (χ0n) is 10.3. The Morgan fingerprint density at radius 1 is 1.20 bits per heavy atom. The summed E-state index contributed by atoms with van der Waals surface area (Å²) in [6.45, 7) is 0.0401. The van der Waals surface area contributed by atoms with E-state index in [1.807, 2.05) is 22.6 Å². The van der Waals surface area contributed by atoms with Crippen LogP contribution in [0.1, 0.15) is 15.9 Å². The molecule has 3 nitrogen and oxygen atoms in total. The Hall–Kier alpha value is -1.70. The summed E-state index contributed by atoms with van der Waals surface area (Å²) < 4.78 is 27.3. The summed E-state index contributed by atoms with van der Waals surface area (Å²) >= 11 is 2.00. The number of rotatable bonds is 3. The van der Waals surface area contributed by atoms with E-state index in [0.717, 1.165) is 15.7 Å². The number of nitrogen functional groups attached to an aromatic ring is 1. The number of nitrogens with one attached hydrogen (secondary N) is 1. The number of anilines is 1. The molecule has 0 atom stereocenters. The van der Waals surface area contributed by atoms with Crippen molar-refractivity contribution >= 4 is 34.2 Å². The minimum absolute atomic E-state index is 0.0401. The molecule has 0 bridgehead atoms. The number of nitrogens with two attached hydrogens (primary N) is 1. The highest BCUT2D eigenvalue weighted by Gasteiger charge is 2.11. The Bertz CT molecular complexity index is 662. The molecule has 0 heterocycles. The van der Waals surface area contributed by atoms with Crippen LogP contribution in [0.2, 0.25) is 0 Å². The molecule has 0 radical (unpaired) electrons. The highest BCUT2D eigenvalue weighted by atomic mass is 127. The molecule has 0 aliphatic heterocycles. The molecule has 0 aromatic heterocycles. The fourth-order valence-electron chi connectivity index (χ4n) is 1.68. The van der Waals surface area contributed by atoms with Crippen LogP contribution in [0.4, 0.5) is 14.5 Å². The van der Waals surface area contributed by atoms with Crippen molar-refractivity contribution in [3.63, 3.8) is 0 Å². The largest absolute Gasteiger partial charge is 0.398 e. The molecule has 0 saturated carbocycles. The Labute approximate surface area is 128 Å². The molecule has 2 aromatic carbocycles. The van der Waals surface area contributed by atoms with Crippen molar-refractivity contribution in [2.24, 2.45) is 0 Å². The van der Waals surface area contributed by atoms with Gasteiger partial charge in [0.1, 0.15) is 11.6 Å². The van der Waals surface area contributed by atoms with Crippen molar-refractivity contribution in [2.45, 2.75) is 6.54 Å². The molecule has 20 heavy (non-hydrogen) atoms. The van der Waals surface area contributed by atoms with Crippen molar-refractivity contribution < 1.29 is 13.6 Å². The summed E-state index contributed by atoms with van der Waals surface area (Å²) in [5, 5.41) is 2.55. The molecule has 0 unspecified atom stereocenters. The van der Waals surface area contributed by atoms with Crippen LogP contribution in [0.25, 0.3) is 0 Å². The lowest BCUT2D eigenvalue weighted by Gasteiger charge is -2.08. The summed E-state index contributed by atoms with van der Waals surface area (Å²) in [7, 11) is 0. The predicted octanol–water partition coefficient (Wildman–Crippen LogP) is 3.08. The van der Waals surface area contributed by atoms with Gasteiger partial charge in [0.05, 0.1) is 5.56 Å². The van der Waals surface area contributed by atoms with E-state index in [1.54, 1.807) is 12.1 Å². The first-order chi connectivity index (χ1) is 9.47. The average Bonchev–Trinajstić information content (AvgIpc) is 2.37. The van der Waals surface area contributed by atoms with E-state index in [9.17, 15) is 13.6 Å². The van der Waals surface area contributed by atoms with Gasteiger partial charge in [-0.05, 0) is 52.9 Å². The first kappa shape index (κ1) is 14.7. The van der Waals surface area contributed by atoms with Crippen LogP contribution in [-0.4, -0.2) is 5.91 Å². The number of benzene rings is 2. The third-order valence-corrected chi connectivity index (χ3v) is 3.38. The lowest BCUT2D eigenvalue weighted by atomic mass is 10.1. The maximum absolute atomic E-state index is 13.6. The highest BCUT2D eigenvalue weighted by Crippen LogP contribution is 2.15. The third-order valence-electron chi connectivity index (χ3n) is 2.71. The topological polar surface area (TPSA) is 55.1 Å². The van der Waals surface area contributed by atoms with Crippen LogP contribution in [0.3, 0.4) is 0 Å². The number of amides is 1. The fourth-order valence-corrected chi connectivity index (χ4v) is 2.13. The quantitative estimate of drug-likeness (QED) is 0.628. The molecule has 104 valence electrons. The average molecular weight is 388 g/mol. The standard InChI is InChI=1S/C14H11F2IN2O/c15-9-2-4-11(13(18)5-9)14(20)19-7-8-1-3-10(17)6-12(8)16/h1-6H,7,18H2,(H,19,20). The van der Waals surface area contributed by atoms with Gasteiger partial charge in [0.15, 0.2) is 0 Å². The molecule has 2 aromatic rings. The summed E-state index contributed by atoms with van der Waals surface area (Å²) in [5.74, 6) is -1.37. The molecule has 0 spiro atoms. The molecule has 0 saturated heterocycles. The summed E-state index contributed by atoms with van der Waals surface area (Å²) in [5.41, 5.74) is 6.15. The molecule has 0 fully saturated rings. The molecular weight excluding hydrogens is 377 g/mol. The molecular formula is C14H11F2IN2O. The third kappa shape index (κ3) is 3.44. The number of hydrogen-bond acceptors (Lipinski definition) is 2. The number of carbonyl (C=O) groups excluding carboxylic acids is 1. The number of hydrogen-bond donors (Lipinski definition) is 2. The Morgan fingerprint density at radius 2 is 1.95 bits per heavy atom. The lowest BCUT2D eigenvalue weighted by molar-refractivity contribution is 0.0951. The zero-order valence-corrected chi connectivity index (χ0v) is 12.4. The maximum atomic E-state index is 13.6. The molecule has 3 N–H and O–H groups in total. The fraction of sp³-hybridized carbons (Fsp3) is 0.0714. The van der Waals surface area contributed by atoms with Crippen LogP contribution < -0.4 is 11.1 Å². The SMILES string of the molecule is Nc1cc(F)ccc1C(=O)NCc1ccc(I)cc1F. The van der Waals surface area contributed by atoms with E-state index in [4.69, 9.17) is 5.73 Å². The minimum Gasteiger partial charge on any atom is -0.398 e. The van der Waals surface area contributed by atoms with Gasteiger partial charge >= 0.3 is 0 Å². The van der Waals surface area contributed by atoms with Crippen LogP contribution in [0, 0.1) is 15.2 Å². The van der Waals surface area contributed by atoms with Crippen LogP contribution in [0.15, 0.2) is 36.4 Å². The smallest absolute Gasteiger partial charge is 0.253 e. The van der Waals surface area contributed by atoms with Gasteiger partial charge in [-0.15, -0.1) is 0 Å². The van der Waals surface area contributed by atoms with Crippen molar-refractivity contribution in [3.8, 4) is 0 Å². The second kappa shape index (κ2) is 6.17. The van der Waals surface area contributed by atoms with Crippen molar-refractivity contribution in [1.82, 2.24) is 5.32 Å².